The molecule has 0 saturated carbocycles. The molecule has 2 rings (SSSR count). The predicted octanol–water partition coefficient (Wildman–Crippen LogP) is 2.75. The average Bonchev–Trinajstić information content (AvgIpc) is 2.80. The van der Waals surface area contributed by atoms with Crippen LogP contribution in [0, 0.1) is 13.8 Å². The summed E-state index contributed by atoms with van der Waals surface area (Å²) in [5.74, 6) is 1.07. The highest BCUT2D eigenvalue weighted by atomic mass is 14.9. The molecule has 0 saturated heterocycles. The fourth-order valence-corrected chi connectivity index (χ4v) is 2.22. The van der Waals surface area contributed by atoms with E-state index in [0.717, 1.165) is 31.8 Å². The minimum atomic E-state index is 0.945. The van der Waals surface area contributed by atoms with Crippen molar-refractivity contribution in [3.8, 4) is 0 Å². The molecule has 2 aromatic rings. The SMILES string of the molecule is Cc1cc(C)cc(CNCCCc2ncc[nH]2)c1. The van der Waals surface area contributed by atoms with Gasteiger partial charge in [0.1, 0.15) is 5.82 Å². The van der Waals surface area contributed by atoms with Crippen LogP contribution in [0.15, 0.2) is 30.6 Å². The van der Waals surface area contributed by atoms with Crippen molar-refractivity contribution in [1.82, 2.24) is 15.3 Å². The summed E-state index contributed by atoms with van der Waals surface area (Å²) >= 11 is 0. The lowest BCUT2D eigenvalue weighted by Crippen LogP contribution is -2.15. The maximum atomic E-state index is 4.21. The Morgan fingerprint density at radius 2 is 1.94 bits per heavy atom. The Labute approximate surface area is 109 Å². The number of rotatable bonds is 6. The highest BCUT2D eigenvalue weighted by Gasteiger charge is 1.97. The number of benzene rings is 1. The summed E-state index contributed by atoms with van der Waals surface area (Å²) in [7, 11) is 0. The Hall–Kier alpha value is -1.61. The summed E-state index contributed by atoms with van der Waals surface area (Å²) in [6.07, 6.45) is 5.79. The van der Waals surface area contributed by atoms with Crippen LogP contribution in [0.1, 0.15) is 28.9 Å². The third kappa shape index (κ3) is 4.00. The fraction of sp³-hybridized carbons (Fsp3) is 0.400. The number of aryl methyl sites for hydroxylation is 3. The van der Waals surface area contributed by atoms with Gasteiger partial charge in [-0.15, -0.1) is 0 Å². The van der Waals surface area contributed by atoms with Crippen molar-refractivity contribution in [2.45, 2.75) is 33.2 Å². The van der Waals surface area contributed by atoms with Crippen LogP contribution in [0.5, 0.6) is 0 Å². The van der Waals surface area contributed by atoms with Gasteiger partial charge in [0.05, 0.1) is 0 Å². The molecule has 3 heteroatoms. The van der Waals surface area contributed by atoms with E-state index in [1.807, 2.05) is 6.20 Å². The van der Waals surface area contributed by atoms with Gasteiger partial charge in [-0.1, -0.05) is 29.3 Å². The quantitative estimate of drug-likeness (QED) is 0.766. The molecule has 0 spiro atoms. The molecule has 0 fully saturated rings. The summed E-state index contributed by atoms with van der Waals surface area (Å²) < 4.78 is 0. The number of nitrogens with one attached hydrogen (secondary N) is 2. The van der Waals surface area contributed by atoms with Crippen molar-refractivity contribution in [1.29, 1.82) is 0 Å². The summed E-state index contributed by atoms with van der Waals surface area (Å²) in [6.45, 7) is 6.26. The molecular weight excluding hydrogens is 222 g/mol. The van der Waals surface area contributed by atoms with Crippen LogP contribution in [0.2, 0.25) is 0 Å². The van der Waals surface area contributed by atoms with Crippen LogP contribution in [0.25, 0.3) is 0 Å². The molecule has 1 aromatic heterocycles. The molecule has 18 heavy (non-hydrogen) atoms. The number of hydrogen-bond donors (Lipinski definition) is 2. The number of imidazole rings is 1. The Kier molecular flexibility index (Phi) is 4.53. The molecule has 1 heterocycles. The van der Waals surface area contributed by atoms with Gasteiger partial charge < -0.3 is 10.3 Å². The van der Waals surface area contributed by atoms with E-state index in [4.69, 9.17) is 0 Å². The van der Waals surface area contributed by atoms with Gasteiger partial charge in [0.25, 0.3) is 0 Å². The summed E-state index contributed by atoms with van der Waals surface area (Å²) in [5.41, 5.74) is 4.04. The lowest BCUT2D eigenvalue weighted by atomic mass is 10.1. The zero-order valence-corrected chi connectivity index (χ0v) is 11.2. The highest BCUT2D eigenvalue weighted by Crippen LogP contribution is 2.08. The van der Waals surface area contributed by atoms with E-state index in [1.165, 1.54) is 16.7 Å². The van der Waals surface area contributed by atoms with E-state index < -0.39 is 0 Å². The molecule has 2 N–H and O–H groups in total. The Balaban J connectivity index is 1.68. The van der Waals surface area contributed by atoms with Crippen molar-refractivity contribution in [2.24, 2.45) is 0 Å². The molecule has 0 amide bonds. The summed E-state index contributed by atoms with van der Waals surface area (Å²) in [4.78, 5) is 7.33. The van der Waals surface area contributed by atoms with Gasteiger partial charge in [-0.05, 0) is 32.4 Å². The molecule has 3 nitrogen and oxygen atoms in total. The highest BCUT2D eigenvalue weighted by molar-refractivity contribution is 5.28. The molecule has 0 atom stereocenters. The smallest absolute Gasteiger partial charge is 0.106 e. The van der Waals surface area contributed by atoms with Crippen LogP contribution in [0.3, 0.4) is 0 Å². The number of H-pyrrole nitrogens is 1. The van der Waals surface area contributed by atoms with E-state index in [1.54, 1.807) is 6.20 Å². The first-order valence-corrected chi connectivity index (χ1v) is 6.50. The van der Waals surface area contributed by atoms with E-state index in [0.29, 0.717) is 0 Å². The second kappa shape index (κ2) is 6.36. The predicted molar refractivity (Wildman–Crippen MR) is 74.5 cm³/mol. The van der Waals surface area contributed by atoms with Crippen LogP contribution in [-0.4, -0.2) is 16.5 Å². The normalized spacial score (nSPS) is 10.8. The second-order valence-electron chi connectivity index (χ2n) is 4.81. The molecule has 0 unspecified atom stereocenters. The number of hydrogen-bond acceptors (Lipinski definition) is 2. The van der Waals surface area contributed by atoms with Gasteiger partial charge in [0, 0.05) is 25.4 Å². The van der Waals surface area contributed by atoms with Crippen molar-refractivity contribution < 1.29 is 0 Å². The monoisotopic (exact) mass is 243 g/mol. The topological polar surface area (TPSA) is 40.7 Å². The average molecular weight is 243 g/mol. The Morgan fingerprint density at radius 1 is 1.17 bits per heavy atom. The fourth-order valence-electron chi connectivity index (χ4n) is 2.22. The molecule has 96 valence electrons. The largest absolute Gasteiger partial charge is 0.349 e. The number of aromatic amines is 1. The summed E-state index contributed by atoms with van der Waals surface area (Å²) in [6, 6.07) is 6.69. The van der Waals surface area contributed by atoms with Gasteiger partial charge >= 0.3 is 0 Å². The standard InChI is InChI=1S/C15H21N3/c1-12-8-13(2)10-14(9-12)11-16-5-3-4-15-17-6-7-18-15/h6-10,16H,3-5,11H2,1-2H3,(H,17,18). The second-order valence-corrected chi connectivity index (χ2v) is 4.81. The molecule has 0 aliphatic heterocycles. The third-order valence-electron chi connectivity index (χ3n) is 2.93. The first-order valence-electron chi connectivity index (χ1n) is 6.50. The van der Waals surface area contributed by atoms with Gasteiger partial charge in [-0.25, -0.2) is 4.98 Å². The maximum Gasteiger partial charge on any atom is 0.106 e. The first kappa shape index (κ1) is 12.8. The lowest BCUT2D eigenvalue weighted by Gasteiger charge is -2.06. The zero-order valence-electron chi connectivity index (χ0n) is 11.2. The van der Waals surface area contributed by atoms with Gasteiger partial charge in [-0.3, -0.25) is 0 Å². The van der Waals surface area contributed by atoms with Crippen molar-refractivity contribution in [2.75, 3.05) is 6.54 Å². The van der Waals surface area contributed by atoms with E-state index in [-0.39, 0.29) is 0 Å². The third-order valence-corrected chi connectivity index (χ3v) is 2.93. The van der Waals surface area contributed by atoms with Crippen molar-refractivity contribution >= 4 is 0 Å². The first-order chi connectivity index (χ1) is 8.74. The molecule has 0 aliphatic carbocycles. The van der Waals surface area contributed by atoms with Gasteiger partial charge in [0.15, 0.2) is 0 Å². The molecule has 1 aromatic carbocycles. The van der Waals surface area contributed by atoms with Crippen molar-refractivity contribution in [3.63, 3.8) is 0 Å². The van der Waals surface area contributed by atoms with Gasteiger partial charge in [0.2, 0.25) is 0 Å². The molecule has 0 bridgehead atoms. The Bertz CT molecular complexity index is 454. The van der Waals surface area contributed by atoms with Crippen LogP contribution < -0.4 is 5.32 Å². The zero-order chi connectivity index (χ0) is 12.8. The van der Waals surface area contributed by atoms with Gasteiger partial charge in [-0.2, -0.15) is 0 Å². The van der Waals surface area contributed by atoms with E-state index in [2.05, 4.69) is 47.3 Å². The lowest BCUT2D eigenvalue weighted by molar-refractivity contribution is 0.640. The van der Waals surface area contributed by atoms with Crippen LogP contribution in [0.4, 0.5) is 0 Å². The minimum absolute atomic E-state index is 0.945. The number of aromatic nitrogens is 2. The van der Waals surface area contributed by atoms with E-state index >= 15 is 0 Å². The Morgan fingerprint density at radius 3 is 2.61 bits per heavy atom. The van der Waals surface area contributed by atoms with Crippen LogP contribution in [-0.2, 0) is 13.0 Å². The molecule has 0 radical (unpaired) electrons. The van der Waals surface area contributed by atoms with Crippen molar-refractivity contribution in [3.05, 3.63) is 53.1 Å². The van der Waals surface area contributed by atoms with E-state index in [9.17, 15) is 0 Å². The van der Waals surface area contributed by atoms with Crippen LogP contribution >= 0.6 is 0 Å². The molecular formula is C15H21N3. The summed E-state index contributed by atoms with van der Waals surface area (Å²) in [5, 5.41) is 3.48. The minimum Gasteiger partial charge on any atom is -0.349 e. The molecule has 0 aliphatic rings. The number of nitrogens with zero attached hydrogens (tertiary/aromatic N) is 1. The maximum absolute atomic E-state index is 4.21.